The van der Waals surface area contributed by atoms with Crippen LogP contribution in [-0.4, -0.2) is 19.0 Å². The fourth-order valence-corrected chi connectivity index (χ4v) is 2.81. The van der Waals surface area contributed by atoms with Gasteiger partial charge in [0, 0.05) is 12.5 Å². The Hall–Kier alpha value is -1.20. The number of benzene rings is 1. The van der Waals surface area contributed by atoms with Crippen LogP contribution in [0.5, 0.6) is 0 Å². The second-order valence-electron chi connectivity index (χ2n) is 3.63. The van der Waals surface area contributed by atoms with Crippen molar-refractivity contribution in [1.29, 1.82) is 0 Å². The zero-order valence-electron chi connectivity index (χ0n) is 8.97. The summed E-state index contributed by atoms with van der Waals surface area (Å²) in [6.45, 7) is 1.99. The minimum Gasteiger partial charge on any atom is -0.224 e. The molecule has 0 amide bonds. The maximum atomic E-state index is 11.3. The Bertz CT molecular complexity index is 597. The van der Waals surface area contributed by atoms with Gasteiger partial charge in [-0.15, -0.1) is 0 Å². The maximum Gasteiger partial charge on any atom is 0.175 e. The zero-order valence-corrected chi connectivity index (χ0v) is 10.6. The molecule has 0 aliphatic carbocycles. The van der Waals surface area contributed by atoms with Crippen LogP contribution in [0, 0.1) is 6.92 Å². The minimum absolute atomic E-state index is 0.346. The number of aromatic nitrogens is 1. The van der Waals surface area contributed by atoms with E-state index in [2.05, 4.69) is 4.37 Å². The number of sulfone groups is 1. The highest BCUT2D eigenvalue weighted by atomic mass is 32.2. The fraction of sp³-hybridized carbons (Fsp3) is 0.182. The molecule has 0 unspecified atom stereocenters. The molecule has 0 saturated carbocycles. The van der Waals surface area contributed by atoms with E-state index in [1.54, 1.807) is 12.1 Å². The second kappa shape index (κ2) is 3.99. The second-order valence-corrected chi connectivity index (χ2v) is 6.45. The van der Waals surface area contributed by atoms with E-state index >= 15 is 0 Å². The Morgan fingerprint density at radius 2 is 1.81 bits per heavy atom. The molecule has 1 aromatic heterocycles. The molecule has 0 saturated heterocycles. The third-order valence-electron chi connectivity index (χ3n) is 2.29. The molecular formula is C11H11NO2S2. The van der Waals surface area contributed by atoms with E-state index in [0.29, 0.717) is 4.90 Å². The van der Waals surface area contributed by atoms with Gasteiger partial charge >= 0.3 is 0 Å². The van der Waals surface area contributed by atoms with Gasteiger partial charge in [0.25, 0.3) is 0 Å². The van der Waals surface area contributed by atoms with Crippen LogP contribution in [0.4, 0.5) is 0 Å². The van der Waals surface area contributed by atoms with E-state index in [1.807, 2.05) is 25.3 Å². The SMILES string of the molecule is Cc1cnsc1-c1ccc(S(C)(=O)=O)cc1. The third kappa shape index (κ3) is 2.15. The summed E-state index contributed by atoms with van der Waals surface area (Å²) in [6.07, 6.45) is 3.02. The molecule has 1 heterocycles. The smallest absolute Gasteiger partial charge is 0.175 e. The van der Waals surface area contributed by atoms with Crippen LogP contribution in [-0.2, 0) is 9.84 Å². The van der Waals surface area contributed by atoms with E-state index in [-0.39, 0.29) is 0 Å². The Morgan fingerprint density at radius 1 is 1.19 bits per heavy atom. The predicted molar refractivity (Wildman–Crippen MR) is 65.4 cm³/mol. The Morgan fingerprint density at radius 3 is 2.25 bits per heavy atom. The summed E-state index contributed by atoms with van der Waals surface area (Å²) in [5.41, 5.74) is 2.12. The number of hydrogen-bond acceptors (Lipinski definition) is 4. The lowest BCUT2D eigenvalue weighted by Gasteiger charge is -2.01. The summed E-state index contributed by atoms with van der Waals surface area (Å²) < 4.78 is 26.7. The normalized spacial score (nSPS) is 11.6. The van der Waals surface area contributed by atoms with Crippen molar-refractivity contribution >= 4 is 21.4 Å². The van der Waals surface area contributed by atoms with Gasteiger partial charge in [-0.1, -0.05) is 12.1 Å². The molecule has 2 aromatic rings. The maximum absolute atomic E-state index is 11.3. The first kappa shape index (κ1) is 11.3. The molecule has 1 aromatic carbocycles. The van der Waals surface area contributed by atoms with Gasteiger partial charge in [0.1, 0.15) is 0 Å². The van der Waals surface area contributed by atoms with E-state index in [0.717, 1.165) is 16.0 Å². The molecule has 84 valence electrons. The molecule has 0 N–H and O–H groups in total. The molecule has 2 rings (SSSR count). The summed E-state index contributed by atoms with van der Waals surface area (Å²) in [6, 6.07) is 6.89. The van der Waals surface area contributed by atoms with Crippen LogP contribution in [0.25, 0.3) is 10.4 Å². The average Bonchev–Trinajstić information content (AvgIpc) is 2.63. The first-order valence-corrected chi connectivity index (χ1v) is 7.37. The van der Waals surface area contributed by atoms with E-state index < -0.39 is 9.84 Å². The molecule has 0 bridgehead atoms. The first-order chi connectivity index (χ1) is 7.48. The highest BCUT2D eigenvalue weighted by molar-refractivity contribution is 7.90. The van der Waals surface area contributed by atoms with Crippen molar-refractivity contribution in [3.63, 3.8) is 0 Å². The lowest BCUT2D eigenvalue weighted by atomic mass is 10.1. The van der Waals surface area contributed by atoms with Gasteiger partial charge in [0.15, 0.2) is 9.84 Å². The van der Waals surface area contributed by atoms with Gasteiger partial charge < -0.3 is 0 Å². The van der Waals surface area contributed by atoms with Crippen molar-refractivity contribution in [1.82, 2.24) is 4.37 Å². The molecule has 0 radical (unpaired) electrons. The van der Waals surface area contributed by atoms with Gasteiger partial charge in [0.05, 0.1) is 9.77 Å². The highest BCUT2D eigenvalue weighted by Gasteiger charge is 2.08. The average molecular weight is 253 g/mol. The highest BCUT2D eigenvalue weighted by Crippen LogP contribution is 2.27. The largest absolute Gasteiger partial charge is 0.224 e. The molecule has 0 atom stereocenters. The molecule has 0 fully saturated rings. The van der Waals surface area contributed by atoms with Gasteiger partial charge in [-0.25, -0.2) is 12.8 Å². The molecule has 0 aliphatic heterocycles. The van der Waals surface area contributed by atoms with Crippen molar-refractivity contribution in [3.05, 3.63) is 36.0 Å². The van der Waals surface area contributed by atoms with E-state index in [1.165, 1.54) is 17.8 Å². The lowest BCUT2D eigenvalue weighted by molar-refractivity contribution is 0.602. The van der Waals surface area contributed by atoms with Crippen molar-refractivity contribution in [3.8, 4) is 10.4 Å². The summed E-state index contributed by atoms with van der Waals surface area (Å²) in [4.78, 5) is 1.43. The lowest BCUT2D eigenvalue weighted by Crippen LogP contribution is -1.96. The molecule has 3 nitrogen and oxygen atoms in total. The van der Waals surface area contributed by atoms with Crippen LogP contribution in [0.2, 0.25) is 0 Å². The topological polar surface area (TPSA) is 47.0 Å². The van der Waals surface area contributed by atoms with Crippen molar-refractivity contribution in [2.24, 2.45) is 0 Å². The molecule has 0 aliphatic rings. The predicted octanol–water partition coefficient (Wildman–Crippen LogP) is 2.52. The fourth-order valence-electron chi connectivity index (χ4n) is 1.42. The molecule has 0 spiro atoms. The Labute approximate surface area is 98.8 Å². The van der Waals surface area contributed by atoms with E-state index in [9.17, 15) is 8.42 Å². The Balaban J connectivity index is 2.45. The van der Waals surface area contributed by atoms with Crippen LogP contribution in [0.15, 0.2) is 35.4 Å². The number of hydrogen-bond donors (Lipinski definition) is 0. The van der Waals surface area contributed by atoms with Crippen LogP contribution in [0.1, 0.15) is 5.56 Å². The van der Waals surface area contributed by atoms with Crippen molar-refractivity contribution in [2.45, 2.75) is 11.8 Å². The standard InChI is InChI=1S/C11H11NO2S2/c1-8-7-12-15-11(8)9-3-5-10(6-4-9)16(2,13)14/h3-7H,1-2H3. The van der Waals surface area contributed by atoms with Gasteiger partial charge in [0.2, 0.25) is 0 Å². The van der Waals surface area contributed by atoms with Crippen LogP contribution in [0.3, 0.4) is 0 Å². The molecule has 5 heteroatoms. The number of nitrogens with zero attached hydrogens (tertiary/aromatic N) is 1. The Kier molecular flexibility index (Phi) is 2.82. The molecular weight excluding hydrogens is 242 g/mol. The van der Waals surface area contributed by atoms with Crippen molar-refractivity contribution < 1.29 is 8.42 Å². The zero-order chi connectivity index (χ0) is 11.8. The number of rotatable bonds is 2. The van der Waals surface area contributed by atoms with Crippen LogP contribution >= 0.6 is 11.5 Å². The summed E-state index contributed by atoms with van der Waals surface area (Å²) in [5.74, 6) is 0. The van der Waals surface area contributed by atoms with E-state index in [4.69, 9.17) is 0 Å². The van der Waals surface area contributed by atoms with Crippen molar-refractivity contribution in [2.75, 3.05) is 6.26 Å². The monoisotopic (exact) mass is 253 g/mol. The number of aryl methyl sites for hydroxylation is 1. The molecule has 16 heavy (non-hydrogen) atoms. The van der Waals surface area contributed by atoms with Gasteiger partial charge in [-0.05, 0) is 41.7 Å². The summed E-state index contributed by atoms with van der Waals surface area (Å²) >= 11 is 1.42. The third-order valence-corrected chi connectivity index (χ3v) is 4.37. The quantitative estimate of drug-likeness (QED) is 0.826. The summed E-state index contributed by atoms with van der Waals surface area (Å²) in [7, 11) is -3.11. The van der Waals surface area contributed by atoms with Gasteiger partial charge in [-0.3, -0.25) is 0 Å². The van der Waals surface area contributed by atoms with Crippen LogP contribution < -0.4 is 0 Å². The first-order valence-electron chi connectivity index (χ1n) is 4.70. The van der Waals surface area contributed by atoms with Gasteiger partial charge in [-0.2, -0.15) is 0 Å². The minimum atomic E-state index is -3.11. The summed E-state index contributed by atoms with van der Waals surface area (Å²) in [5, 5.41) is 0.